The molecular formula is C22H26O3. The second-order valence-electron chi connectivity index (χ2n) is 7.49. The van der Waals surface area contributed by atoms with Crippen LogP contribution in [0.3, 0.4) is 0 Å². The van der Waals surface area contributed by atoms with Crippen molar-refractivity contribution in [2.75, 3.05) is 6.61 Å². The minimum Gasteiger partial charge on any atom is -0.493 e. The van der Waals surface area contributed by atoms with Gasteiger partial charge in [-0.25, -0.2) is 0 Å². The zero-order chi connectivity index (χ0) is 17.2. The summed E-state index contributed by atoms with van der Waals surface area (Å²) in [4.78, 5) is 11.6. The molecule has 0 unspecified atom stereocenters. The summed E-state index contributed by atoms with van der Waals surface area (Å²) < 4.78 is 11.9. The maximum absolute atomic E-state index is 11.6. The third kappa shape index (κ3) is 3.65. The van der Waals surface area contributed by atoms with Gasteiger partial charge in [0.2, 0.25) is 0 Å². The monoisotopic (exact) mass is 338 g/mol. The van der Waals surface area contributed by atoms with Crippen LogP contribution in [-0.2, 0) is 9.53 Å². The van der Waals surface area contributed by atoms with Crippen molar-refractivity contribution in [2.45, 2.75) is 57.5 Å². The van der Waals surface area contributed by atoms with Crippen molar-refractivity contribution < 1.29 is 14.3 Å². The summed E-state index contributed by atoms with van der Waals surface area (Å²) in [6.07, 6.45) is 6.80. The van der Waals surface area contributed by atoms with Crippen molar-refractivity contribution >= 4 is 16.7 Å². The number of benzene rings is 2. The first kappa shape index (κ1) is 16.4. The second kappa shape index (κ2) is 7.07. The molecule has 0 bridgehead atoms. The highest BCUT2D eigenvalue weighted by atomic mass is 16.5. The number of esters is 1. The van der Waals surface area contributed by atoms with E-state index >= 15 is 0 Å². The number of hydrogen-bond acceptors (Lipinski definition) is 3. The molecule has 4 rings (SSSR count). The lowest BCUT2D eigenvalue weighted by Gasteiger charge is -2.33. The molecule has 2 aromatic carbocycles. The summed E-state index contributed by atoms with van der Waals surface area (Å²) in [7, 11) is 0. The highest BCUT2D eigenvalue weighted by molar-refractivity contribution is 5.88. The molecule has 2 aliphatic rings. The molecule has 3 nitrogen and oxygen atoms in total. The molecule has 0 radical (unpaired) electrons. The van der Waals surface area contributed by atoms with Crippen LogP contribution in [-0.4, -0.2) is 18.7 Å². The zero-order valence-corrected chi connectivity index (χ0v) is 14.9. The van der Waals surface area contributed by atoms with Gasteiger partial charge in [0.05, 0.1) is 6.61 Å². The number of carbonyl (C=O) groups excluding carboxylic acids is 1. The summed E-state index contributed by atoms with van der Waals surface area (Å²) >= 11 is 0. The fourth-order valence-corrected chi connectivity index (χ4v) is 4.06. The number of carbonyl (C=O) groups is 1. The summed E-state index contributed by atoms with van der Waals surface area (Å²) in [5.74, 6) is 1.74. The Morgan fingerprint density at radius 2 is 1.84 bits per heavy atom. The molecule has 0 aromatic heterocycles. The quantitative estimate of drug-likeness (QED) is 0.701. The Balaban J connectivity index is 1.75. The first-order chi connectivity index (χ1) is 12.2. The zero-order valence-electron chi connectivity index (χ0n) is 14.9. The van der Waals surface area contributed by atoms with Crippen molar-refractivity contribution in [3.63, 3.8) is 0 Å². The van der Waals surface area contributed by atoms with Crippen LogP contribution in [0, 0.1) is 5.92 Å². The second-order valence-corrected chi connectivity index (χ2v) is 7.49. The molecule has 2 saturated carbocycles. The van der Waals surface area contributed by atoms with Crippen LogP contribution < -0.4 is 4.74 Å². The predicted molar refractivity (Wildman–Crippen MR) is 98.9 cm³/mol. The highest BCUT2D eigenvalue weighted by Crippen LogP contribution is 2.43. The van der Waals surface area contributed by atoms with E-state index in [1.54, 1.807) is 0 Å². The molecule has 2 aromatic rings. The average Bonchev–Trinajstić information content (AvgIpc) is 3.44. The molecule has 0 N–H and O–H groups in total. The minimum absolute atomic E-state index is 0.0414. The SMILES string of the molecule is CC(=O)O[C@@H]1CCCC[C@@H]1c1c(OCC2CC2)ccc2ccccc12. The number of ether oxygens (including phenoxy) is 2. The lowest BCUT2D eigenvalue weighted by atomic mass is 9.79. The largest absolute Gasteiger partial charge is 0.493 e. The number of hydrogen-bond donors (Lipinski definition) is 0. The van der Waals surface area contributed by atoms with Gasteiger partial charge >= 0.3 is 5.97 Å². The van der Waals surface area contributed by atoms with Gasteiger partial charge in [0.1, 0.15) is 11.9 Å². The van der Waals surface area contributed by atoms with Crippen molar-refractivity contribution in [3.05, 3.63) is 42.0 Å². The van der Waals surface area contributed by atoms with Crippen LogP contribution in [0.25, 0.3) is 10.8 Å². The fraction of sp³-hybridized carbons (Fsp3) is 0.500. The smallest absolute Gasteiger partial charge is 0.302 e. The lowest BCUT2D eigenvalue weighted by molar-refractivity contribution is -0.148. The molecule has 0 heterocycles. The van der Waals surface area contributed by atoms with Crippen LogP contribution >= 0.6 is 0 Å². The van der Waals surface area contributed by atoms with Gasteiger partial charge in [0.25, 0.3) is 0 Å². The maximum Gasteiger partial charge on any atom is 0.302 e. The van der Waals surface area contributed by atoms with Gasteiger partial charge in [-0.1, -0.05) is 36.8 Å². The summed E-state index contributed by atoms with van der Waals surface area (Å²) in [5.41, 5.74) is 1.24. The molecule has 0 aliphatic heterocycles. The lowest BCUT2D eigenvalue weighted by Crippen LogP contribution is -2.28. The number of fused-ring (bicyclic) bond motifs is 1. The Morgan fingerprint density at radius 3 is 2.64 bits per heavy atom. The molecule has 0 amide bonds. The molecule has 2 atom stereocenters. The van der Waals surface area contributed by atoms with Crippen LogP contribution in [0.4, 0.5) is 0 Å². The van der Waals surface area contributed by atoms with E-state index in [0.717, 1.165) is 37.5 Å². The summed E-state index contributed by atoms with van der Waals surface area (Å²) in [6.45, 7) is 2.32. The van der Waals surface area contributed by atoms with Crippen LogP contribution in [0.1, 0.15) is 56.9 Å². The first-order valence-corrected chi connectivity index (χ1v) is 9.54. The van der Waals surface area contributed by atoms with Crippen molar-refractivity contribution in [1.29, 1.82) is 0 Å². The third-order valence-electron chi connectivity index (χ3n) is 5.49. The van der Waals surface area contributed by atoms with E-state index in [2.05, 4.69) is 36.4 Å². The van der Waals surface area contributed by atoms with Crippen molar-refractivity contribution in [1.82, 2.24) is 0 Å². The minimum atomic E-state index is -0.183. The Morgan fingerprint density at radius 1 is 1.04 bits per heavy atom. The van der Waals surface area contributed by atoms with Gasteiger partial charge in [-0.05, 0) is 54.9 Å². The Labute approximate surface area is 149 Å². The van der Waals surface area contributed by atoms with E-state index < -0.39 is 0 Å². The maximum atomic E-state index is 11.6. The van der Waals surface area contributed by atoms with Gasteiger partial charge in [0.15, 0.2) is 0 Å². The van der Waals surface area contributed by atoms with E-state index in [-0.39, 0.29) is 18.0 Å². The van der Waals surface area contributed by atoms with Crippen LogP contribution in [0.15, 0.2) is 36.4 Å². The fourth-order valence-electron chi connectivity index (χ4n) is 4.06. The molecule has 132 valence electrons. The summed E-state index contributed by atoms with van der Waals surface area (Å²) in [6, 6.07) is 12.7. The van der Waals surface area contributed by atoms with E-state index in [1.807, 2.05) is 0 Å². The Hall–Kier alpha value is -2.03. The molecule has 0 spiro atoms. The van der Waals surface area contributed by atoms with Gasteiger partial charge in [-0.2, -0.15) is 0 Å². The summed E-state index contributed by atoms with van der Waals surface area (Å²) in [5, 5.41) is 2.46. The third-order valence-corrected chi connectivity index (χ3v) is 5.49. The Kier molecular flexibility index (Phi) is 4.65. The van der Waals surface area contributed by atoms with Gasteiger partial charge in [0, 0.05) is 18.4 Å². The highest BCUT2D eigenvalue weighted by Gasteiger charge is 2.33. The molecule has 2 aliphatic carbocycles. The van der Waals surface area contributed by atoms with Gasteiger partial charge < -0.3 is 9.47 Å². The van der Waals surface area contributed by atoms with Crippen molar-refractivity contribution in [3.8, 4) is 5.75 Å². The average molecular weight is 338 g/mol. The predicted octanol–water partition coefficient (Wildman–Crippen LogP) is 5.22. The standard InChI is InChI=1S/C22H26O3/c1-15(23)25-20-9-5-4-8-19(20)22-18-7-3-2-6-17(18)12-13-21(22)24-14-16-10-11-16/h2-3,6-7,12-13,16,19-20H,4-5,8-11,14H2,1H3/t19-,20+/m0/s1. The molecule has 0 saturated heterocycles. The molecule has 2 fully saturated rings. The molecular weight excluding hydrogens is 312 g/mol. The molecule has 3 heteroatoms. The topological polar surface area (TPSA) is 35.5 Å². The van der Waals surface area contributed by atoms with E-state index in [9.17, 15) is 4.79 Å². The van der Waals surface area contributed by atoms with E-state index in [4.69, 9.17) is 9.47 Å². The van der Waals surface area contributed by atoms with Gasteiger partial charge in [-0.15, -0.1) is 0 Å². The van der Waals surface area contributed by atoms with Crippen molar-refractivity contribution in [2.24, 2.45) is 5.92 Å². The number of rotatable bonds is 5. The van der Waals surface area contributed by atoms with Gasteiger partial charge in [-0.3, -0.25) is 4.79 Å². The van der Waals surface area contributed by atoms with E-state index in [1.165, 1.54) is 42.5 Å². The first-order valence-electron chi connectivity index (χ1n) is 9.54. The Bertz CT molecular complexity index is 763. The van der Waals surface area contributed by atoms with Crippen LogP contribution in [0.2, 0.25) is 0 Å². The normalized spacial score (nSPS) is 23.4. The van der Waals surface area contributed by atoms with E-state index in [0.29, 0.717) is 0 Å². The van der Waals surface area contributed by atoms with Crippen LogP contribution in [0.5, 0.6) is 5.75 Å². The molecule has 25 heavy (non-hydrogen) atoms.